The second-order valence-electron chi connectivity index (χ2n) is 3.83. The number of imidazole rings is 1. The highest BCUT2D eigenvalue weighted by atomic mass is 19.2. The molecule has 2 rings (SSSR count). The molecule has 0 bridgehead atoms. The monoisotopic (exact) mass is 267 g/mol. The van der Waals surface area contributed by atoms with Gasteiger partial charge in [-0.3, -0.25) is 4.79 Å². The van der Waals surface area contributed by atoms with Crippen molar-refractivity contribution in [1.82, 2.24) is 9.55 Å². The van der Waals surface area contributed by atoms with Gasteiger partial charge in [0.1, 0.15) is 0 Å². The van der Waals surface area contributed by atoms with Gasteiger partial charge in [-0.25, -0.2) is 9.37 Å². The van der Waals surface area contributed by atoms with E-state index in [0.717, 1.165) is 0 Å². The third-order valence-corrected chi connectivity index (χ3v) is 2.75. The first-order chi connectivity index (χ1) is 8.97. The molecule has 19 heavy (non-hydrogen) atoms. The largest absolute Gasteiger partial charge is 0.494 e. The van der Waals surface area contributed by atoms with Gasteiger partial charge in [-0.2, -0.15) is 4.39 Å². The first-order valence-corrected chi connectivity index (χ1v) is 5.31. The van der Waals surface area contributed by atoms with Crippen LogP contribution in [-0.2, 0) is 7.05 Å². The number of hydrogen-bond acceptors (Lipinski definition) is 3. The van der Waals surface area contributed by atoms with Gasteiger partial charge in [-0.05, 0) is 12.1 Å². The van der Waals surface area contributed by atoms with Gasteiger partial charge in [0.05, 0.1) is 19.0 Å². The van der Waals surface area contributed by atoms with E-state index in [2.05, 4.69) is 9.72 Å². The van der Waals surface area contributed by atoms with Gasteiger partial charge in [-0.1, -0.05) is 0 Å². The standard InChI is InChI=1S/C12H11F2N3O2/c1-17-7(5-16-12(17)11(15)18)6-3-4-8(19-2)10(14)9(6)13/h3-5H,1-2H3,(H2,15,18). The first kappa shape index (κ1) is 13.0. The molecule has 2 N–H and O–H groups in total. The molecule has 0 fully saturated rings. The number of aromatic nitrogens is 2. The summed E-state index contributed by atoms with van der Waals surface area (Å²) in [6, 6.07) is 2.64. The summed E-state index contributed by atoms with van der Waals surface area (Å²) < 4.78 is 33.5. The summed E-state index contributed by atoms with van der Waals surface area (Å²) in [4.78, 5) is 14.8. The molecule has 1 aromatic heterocycles. The topological polar surface area (TPSA) is 70.1 Å². The molecule has 0 aliphatic rings. The van der Waals surface area contributed by atoms with Crippen LogP contribution in [0, 0.1) is 11.6 Å². The van der Waals surface area contributed by atoms with Crippen molar-refractivity contribution in [1.29, 1.82) is 0 Å². The van der Waals surface area contributed by atoms with Crippen LogP contribution in [0.25, 0.3) is 11.3 Å². The molecule has 0 unspecified atom stereocenters. The Morgan fingerprint density at radius 1 is 1.37 bits per heavy atom. The minimum Gasteiger partial charge on any atom is -0.494 e. The number of nitrogens with two attached hydrogens (primary N) is 1. The Morgan fingerprint density at radius 2 is 2.05 bits per heavy atom. The van der Waals surface area contributed by atoms with Crippen molar-refractivity contribution < 1.29 is 18.3 Å². The highest BCUT2D eigenvalue weighted by Crippen LogP contribution is 2.29. The summed E-state index contributed by atoms with van der Waals surface area (Å²) in [6.45, 7) is 0. The minimum absolute atomic E-state index is 0.0270. The highest BCUT2D eigenvalue weighted by molar-refractivity contribution is 5.90. The van der Waals surface area contributed by atoms with Crippen molar-refractivity contribution >= 4 is 5.91 Å². The van der Waals surface area contributed by atoms with Crippen molar-refractivity contribution in [2.45, 2.75) is 0 Å². The molecule has 100 valence electrons. The van der Waals surface area contributed by atoms with E-state index in [1.165, 1.54) is 37.1 Å². The van der Waals surface area contributed by atoms with E-state index in [-0.39, 0.29) is 22.8 Å². The van der Waals surface area contributed by atoms with Crippen molar-refractivity contribution in [3.8, 4) is 17.0 Å². The molecule has 0 aliphatic carbocycles. The number of nitrogens with zero attached hydrogens (tertiary/aromatic N) is 2. The molecule has 0 aliphatic heterocycles. The van der Waals surface area contributed by atoms with Gasteiger partial charge < -0.3 is 15.0 Å². The number of amides is 1. The zero-order chi connectivity index (χ0) is 14.2. The first-order valence-electron chi connectivity index (χ1n) is 5.31. The maximum Gasteiger partial charge on any atom is 0.284 e. The van der Waals surface area contributed by atoms with E-state index >= 15 is 0 Å². The van der Waals surface area contributed by atoms with E-state index < -0.39 is 17.5 Å². The predicted molar refractivity (Wildman–Crippen MR) is 63.6 cm³/mol. The Labute approximate surface area is 107 Å². The quantitative estimate of drug-likeness (QED) is 0.915. The molecule has 7 heteroatoms. The van der Waals surface area contributed by atoms with Crippen molar-refractivity contribution in [2.24, 2.45) is 12.8 Å². The normalized spacial score (nSPS) is 10.5. The number of hydrogen-bond donors (Lipinski definition) is 1. The number of benzene rings is 1. The van der Waals surface area contributed by atoms with Gasteiger partial charge in [0, 0.05) is 12.6 Å². The summed E-state index contributed by atoms with van der Waals surface area (Å²) >= 11 is 0. The van der Waals surface area contributed by atoms with E-state index in [4.69, 9.17) is 5.73 Å². The number of carbonyl (C=O) groups is 1. The summed E-state index contributed by atoms with van der Waals surface area (Å²) in [7, 11) is 2.73. The molecule has 0 atom stereocenters. The van der Waals surface area contributed by atoms with Crippen LogP contribution in [0.5, 0.6) is 5.75 Å². The molecule has 0 saturated heterocycles. The van der Waals surface area contributed by atoms with E-state index in [1.54, 1.807) is 0 Å². The lowest BCUT2D eigenvalue weighted by Gasteiger charge is -2.08. The van der Waals surface area contributed by atoms with Crippen LogP contribution < -0.4 is 10.5 Å². The lowest BCUT2D eigenvalue weighted by Crippen LogP contribution is -2.17. The molecule has 1 amide bonds. The van der Waals surface area contributed by atoms with Crippen molar-refractivity contribution in [2.75, 3.05) is 7.11 Å². The number of methoxy groups -OCH3 is 1. The van der Waals surface area contributed by atoms with Gasteiger partial charge in [0.15, 0.2) is 17.4 Å². The number of ether oxygens (including phenoxy) is 1. The Morgan fingerprint density at radius 3 is 2.58 bits per heavy atom. The van der Waals surface area contributed by atoms with Gasteiger partial charge in [0.2, 0.25) is 5.82 Å². The van der Waals surface area contributed by atoms with E-state index in [0.29, 0.717) is 0 Å². The third kappa shape index (κ3) is 2.03. The summed E-state index contributed by atoms with van der Waals surface area (Å²) in [6.07, 6.45) is 1.25. The van der Waals surface area contributed by atoms with Gasteiger partial charge in [0.25, 0.3) is 5.91 Å². The van der Waals surface area contributed by atoms with E-state index in [9.17, 15) is 13.6 Å². The lowest BCUT2D eigenvalue weighted by molar-refractivity contribution is 0.0987. The number of carbonyl (C=O) groups excluding carboxylic acids is 1. The average molecular weight is 267 g/mol. The molecule has 0 radical (unpaired) electrons. The Kier molecular flexibility index (Phi) is 3.20. The van der Waals surface area contributed by atoms with Crippen LogP contribution in [0.1, 0.15) is 10.6 Å². The third-order valence-electron chi connectivity index (χ3n) is 2.75. The Hall–Kier alpha value is -2.44. The number of primary amides is 1. The average Bonchev–Trinajstić information content (AvgIpc) is 2.75. The van der Waals surface area contributed by atoms with Crippen LogP contribution in [-0.4, -0.2) is 22.6 Å². The SMILES string of the molecule is COc1ccc(-c2cnc(C(N)=O)n2C)c(F)c1F. The van der Waals surface area contributed by atoms with Crippen LogP contribution in [0.2, 0.25) is 0 Å². The fraction of sp³-hybridized carbons (Fsp3) is 0.167. The summed E-state index contributed by atoms with van der Waals surface area (Å²) in [5, 5.41) is 0. The second kappa shape index (κ2) is 4.68. The van der Waals surface area contributed by atoms with Crippen LogP contribution in [0.4, 0.5) is 8.78 Å². The zero-order valence-corrected chi connectivity index (χ0v) is 10.3. The van der Waals surface area contributed by atoms with Crippen molar-refractivity contribution in [3.63, 3.8) is 0 Å². The highest BCUT2D eigenvalue weighted by Gasteiger charge is 2.19. The molecule has 0 spiro atoms. The van der Waals surface area contributed by atoms with Crippen molar-refractivity contribution in [3.05, 3.63) is 35.8 Å². The van der Waals surface area contributed by atoms with Crippen LogP contribution in [0.15, 0.2) is 18.3 Å². The summed E-state index contributed by atoms with van der Waals surface area (Å²) in [5.41, 5.74) is 5.33. The van der Waals surface area contributed by atoms with Gasteiger partial charge >= 0.3 is 0 Å². The minimum atomic E-state index is -1.10. The Balaban J connectivity index is 2.60. The lowest BCUT2D eigenvalue weighted by atomic mass is 10.1. The number of halogens is 2. The fourth-order valence-electron chi connectivity index (χ4n) is 1.78. The Bertz CT molecular complexity index is 653. The maximum atomic E-state index is 13.9. The molecular formula is C12H11F2N3O2. The molecule has 5 nitrogen and oxygen atoms in total. The zero-order valence-electron chi connectivity index (χ0n) is 10.3. The van der Waals surface area contributed by atoms with Gasteiger partial charge in [-0.15, -0.1) is 0 Å². The smallest absolute Gasteiger partial charge is 0.284 e. The number of rotatable bonds is 3. The van der Waals surface area contributed by atoms with Crippen LogP contribution in [0.3, 0.4) is 0 Å². The maximum absolute atomic E-state index is 13.9. The summed E-state index contributed by atoms with van der Waals surface area (Å²) in [5.74, 6) is -3.15. The fourth-order valence-corrected chi connectivity index (χ4v) is 1.78. The molecular weight excluding hydrogens is 256 g/mol. The van der Waals surface area contributed by atoms with Crippen LogP contribution >= 0.6 is 0 Å². The second-order valence-corrected chi connectivity index (χ2v) is 3.83. The molecule has 1 aromatic carbocycles. The molecule has 0 saturated carbocycles. The molecule has 1 heterocycles. The molecule has 2 aromatic rings. The van der Waals surface area contributed by atoms with E-state index in [1.807, 2.05) is 0 Å². The predicted octanol–water partition coefficient (Wildman–Crippen LogP) is 1.47.